The fourth-order valence-electron chi connectivity index (χ4n) is 1.83. The average molecular weight is 305 g/mol. The summed E-state index contributed by atoms with van der Waals surface area (Å²) in [5.41, 5.74) is 1.63. The second-order valence-electron chi connectivity index (χ2n) is 4.36. The van der Waals surface area contributed by atoms with E-state index in [1.54, 1.807) is 24.3 Å². The Bertz CT molecular complexity index is 599. The summed E-state index contributed by atoms with van der Waals surface area (Å²) >= 11 is 5.79. The van der Waals surface area contributed by atoms with Gasteiger partial charge in [-0.2, -0.15) is 0 Å². The van der Waals surface area contributed by atoms with Crippen molar-refractivity contribution < 1.29 is 9.53 Å². The summed E-state index contributed by atoms with van der Waals surface area (Å²) in [6.07, 6.45) is 0. The average Bonchev–Trinajstić information content (AvgIpc) is 2.49. The van der Waals surface area contributed by atoms with Crippen LogP contribution in [0.25, 0.3) is 0 Å². The molecule has 0 saturated carbocycles. The molecule has 4 nitrogen and oxygen atoms in total. The number of benzene rings is 2. The summed E-state index contributed by atoms with van der Waals surface area (Å²) in [5, 5.41) is 6.17. The normalized spacial score (nSPS) is 10.0. The lowest BCUT2D eigenvalue weighted by atomic mass is 10.2. The quantitative estimate of drug-likeness (QED) is 0.875. The predicted octanol–water partition coefficient (Wildman–Crippen LogP) is 4.06. The minimum Gasteiger partial charge on any atom is -0.494 e. The highest BCUT2D eigenvalue weighted by atomic mass is 35.5. The third-order valence-electron chi connectivity index (χ3n) is 2.81. The Morgan fingerprint density at radius 1 is 1.14 bits per heavy atom. The molecule has 0 aromatic heterocycles. The summed E-state index contributed by atoms with van der Waals surface area (Å²) < 4.78 is 5.51. The van der Waals surface area contributed by atoms with Gasteiger partial charge in [-0.05, 0) is 37.3 Å². The molecular weight excluding hydrogens is 288 g/mol. The van der Waals surface area contributed by atoms with Gasteiger partial charge >= 0.3 is 6.03 Å². The number of hydrogen-bond donors (Lipinski definition) is 2. The van der Waals surface area contributed by atoms with Gasteiger partial charge in [0.05, 0.1) is 6.61 Å². The number of nitrogens with one attached hydrogen (secondary N) is 2. The highest BCUT2D eigenvalue weighted by Crippen LogP contribution is 2.17. The van der Waals surface area contributed by atoms with E-state index in [9.17, 15) is 4.79 Å². The number of carbonyl (C=O) groups excluding carboxylic acids is 1. The van der Waals surface area contributed by atoms with Crippen molar-refractivity contribution in [1.29, 1.82) is 0 Å². The zero-order valence-corrected chi connectivity index (χ0v) is 12.5. The van der Waals surface area contributed by atoms with Crippen LogP contribution in [-0.4, -0.2) is 12.6 Å². The van der Waals surface area contributed by atoms with Gasteiger partial charge in [0, 0.05) is 22.8 Å². The molecule has 2 N–H and O–H groups in total. The van der Waals surface area contributed by atoms with Crippen LogP contribution < -0.4 is 15.4 Å². The molecule has 2 aromatic carbocycles. The molecule has 2 rings (SSSR count). The monoisotopic (exact) mass is 304 g/mol. The van der Waals surface area contributed by atoms with Gasteiger partial charge in [0.2, 0.25) is 0 Å². The third kappa shape index (κ3) is 4.68. The molecule has 0 heterocycles. The summed E-state index contributed by atoms with van der Waals surface area (Å²) in [6.45, 7) is 2.92. The molecule has 2 amide bonds. The maximum absolute atomic E-state index is 11.8. The first-order valence-electron chi connectivity index (χ1n) is 6.70. The zero-order chi connectivity index (χ0) is 15.1. The number of carbonyl (C=O) groups is 1. The Morgan fingerprint density at radius 2 is 1.86 bits per heavy atom. The third-order valence-corrected chi connectivity index (χ3v) is 3.07. The predicted molar refractivity (Wildman–Crippen MR) is 84.9 cm³/mol. The second-order valence-corrected chi connectivity index (χ2v) is 4.79. The van der Waals surface area contributed by atoms with Gasteiger partial charge in [0.15, 0.2) is 0 Å². The van der Waals surface area contributed by atoms with Crippen molar-refractivity contribution in [2.75, 3.05) is 11.9 Å². The molecule has 0 aliphatic rings. The lowest BCUT2D eigenvalue weighted by molar-refractivity contribution is 0.251. The van der Waals surface area contributed by atoms with Crippen LogP contribution in [0.2, 0.25) is 5.02 Å². The van der Waals surface area contributed by atoms with Crippen LogP contribution in [-0.2, 0) is 6.54 Å². The van der Waals surface area contributed by atoms with Gasteiger partial charge in [-0.3, -0.25) is 0 Å². The molecule has 110 valence electrons. The zero-order valence-electron chi connectivity index (χ0n) is 11.7. The van der Waals surface area contributed by atoms with Gasteiger partial charge in [-0.15, -0.1) is 0 Å². The highest BCUT2D eigenvalue weighted by Gasteiger charge is 2.05. The van der Waals surface area contributed by atoms with Crippen molar-refractivity contribution in [2.24, 2.45) is 0 Å². The Morgan fingerprint density at radius 3 is 2.57 bits per heavy atom. The van der Waals surface area contributed by atoms with Crippen LogP contribution in [0.5, 0.6) is 5.75 Å². The van der Waals surface area contributed by atoms with E-state index in [4.69, 9.17) is 16.3 Å². The molecule has 0 saturated heterocycles. The van der Waals surface area contributed by atoms with Crippen molar-refractivity contribution in [1.82, 2.24) is 5.32 Å². The van der Waals surface area contributed by atoms with Crippen LogP contribution >= 0.6 is 11.6 Å². The molecule has 0 radical (unpaired) electrons. The molecule has 5 heteroatoms. The van der Waals surface area contributed by atoms with E-state index in [0.29, 0.717) is 23.9 Å². The lowest BCUT2D eigenvalue weighted by Gasteiger charge is -2.11. The van der Waals surface area contributed by atoms with Crippen molar-refractivity contribution >= 4 is 23.3 Å². The fourth-order valence-corrected chi connectivity index (χ4v) is 1.96. The molecule has 0 aliphatic carbocycles. The number of ether oxygens (including phenoxy) is 1. The maximum atomic E-state index is 11.8. The van der Waals surface area contributed by atoms with E-state index < -0.39 is 0 Å². The van der Waals surface area contributed by atoms with E-state index >= 15 is 0 Å². The second kappa shape index (κ2) is 7.55. The Hall–Kier alpha value is -2.20. The minimum absolute atomic E-state index is 0.274. The number of anilines is 1. The molecule has 0 spiro atoms. The first-order chi connectivity index (χ1) is 10.2. The Labute approximate surface area is 129 Å². The Balaban J connectivity index is 1.90. The fraction of sp³-hybridized carbons (Fsp3) is 0.188. The van der Waals surface area contributed by atoms with Crippen LogP contribution in [0, 0.1) is 0 Å². The molecule has 0 fully saturated rings. The van der Waals surface area contributed by atoms with Crippen molar-refractivity contribution in [3.63, 3.8) is 0 Å². The molecule has 0 aliphatic heterocycles. The van der Waals surface area contributed by atoms with E-state index in [1.807, 2.05) is 31.2 Å². The molecule has 21 heavy (non-hydrogen) atoms. The SMILES string of the molecule is CCOc1ccccc1CNC(=O)Nc1ccc(Cl)cc1. The van der Waals surface area contributed by atoms with Gasteiger partial charge in [0.1, 0.15) is 5.75 Å². The number of rotatable bonds is 5. The first-order valence-corrected chi connectivity index (χ1v) is 7.08. The van der Waals surface area contributed by atoms with Crippen molar-refractivity contribution in [3.8, 4) is 5.75 Å². The van der Waals surface area contributed by atoms with Gasteiger partial charge < -0.3 is 15.4 Å². The molecule has 0 unspecified atom stereocenters. The smallest absolute Gasteiger partial charge is 0.319 e. The van der Waals surface area contributed by atoms with Crippen LogP contribution in [0.1, 0.15) is 12.5 Å². The molecular formula is C16H17ClN2O2. The van der Waals surface area contributed by atoms with Gasteiger partial charge in [-0.25, -0.2) is 4.79 Å². The van der Waals surface area contributed by atoms with E-state index in [2.05, 4.69) is 10.6 Å². The summed E-state index contributed by atoms with van der Waals surface area (Å²) in [5.74, 6) is 0.784. The molecule has 0 atom stereocenters. The van der Waals surface area contributed by atoms with Crippen LogP contribution in [0.3, 0.4) is 0 Å². The number of amides is 2. The summed E-state index contributed by atoms with van der Waals surface area (Å²) in [6, 6.07) is 14.3. The minimum atomic E-state index is -0.274. The standard InChI is InChI=1S/C16H17ClN2O2/c1-2-21-15-6-4-3-5-12(15)11-18-16(20)19-14-9-7-13(17)8-10-14/h3-10H,2,11H2,1H3,(H2,18,19,20). The maximum Gasteiger partial charge on any atom is 0.319 e. The number of halogens is 1. The lowest BCUT2D eigenvalue weighted by Crippen LogP contribution is -2.28. The van der Waals surface area contributed by atoms with Crippen molar-refractivity contribution in [2.45, 2.75) is 13.5 Å². The first kappa shape index (κ1) is 15.2. The van der Waals surface area contributed by atoms with Gasteiger partial charge in [0.25, 0.3) is 0 Å². The summed E-state index contributed by atoms with van der Waals surface area (Å²) in [4.78, 5) is 11.8. The molecule has 0 bridgehead atoms. The van der Waals surface area contributed by atoms with Crippen LogP contribution in [0.15, 0.2) is 48.5 Å². The Kier molecular flexibility index (Phi) is 5.46. The highest BCUT2D eigenvalue weighted by molar-refractivity contribution is 6.30. The molecule has 2 aromatic rings. The van der Waals surface area contributed by atoms with E-state index in [0.717, 1.165) is 11.3 Å². The van der Waals surface area contributed by atoms with Gasteiger partial charge in [-0.1, -0.05) is 29.8 Å². The van der Waals surface area contributed by atoms with Crippen molar-refractivity contribution in [3.05, 3.63) is 59.1 Å². The van der Waals surface area contributed by atoms with E-state index in [1.165, 1.54) is 0 Å². The number of para-hydroxylation sites is 1. The van der Waals surface area contributed by atoms with Crippen LogP contribution in [0.4, 0.5) is 10.5 Å². The van der Waals surface area contributed by atoms with E-state index in [-0.39, 0.29) is 6.03 Å². The topological polar surface area (TPSA) is 50.4 Å². The largest absolute Gasteiger partial charge is 0.494 e. The summed E-state index contributed by atoms with van der Waals surface area (Å²) in [7, 11) is 0. The number of urea groups is 1. The number of hydrogen-bond acceptors (Lipinski definition) is 2.